The van der Waals surface area contributed by atoms with Crippen LogP contribution in [0.4, 0.5) is 0 Å². The second kappa shape index (κ2) is 36.2. The number of rotatable bonds is 41. The molecule has 0 aliphatic rings. The number of hydrogen-bond acceptors (Lipinski definition) is 7. The van der Waals surface area contributed by atoms with Crippen LogP contribution in [0, 0.1) is 5.92 Å². The number of unbranched alkanes of at least 4 members (excludes halogenated alkanes) is 22. The van der Waals surface area contributed by atoms with E-state index >= 15 is 0 Å². The monoisotopic (exact) mass is 880 g/mol. The SMILES string of the molecule is CCCCCCCC/C=C\CCCCCCCC(=O)C(CCCCCCCCCCCCCC)[C](=O)[Sn][O]CC(O)COP(=O)(O)OCC[N+](C)(C)C. The van der Waals surface area contributed by atoms with Crippen LogP contribution in [0.25, 0.3) is 0 Å². The van der Waals surface area contributed by atoms with Crippen molar-refractivity contribution in [3.63, 3.8) is 0 Å². The third-order valence-corrected chi connectivity index (χ3v) is 13.1. The summed E-state index contributed by atoms with van der Waals surface area (Å²) < 4.78 is 28.2. The van der Waals surface area contributed by atoms with Gasteiger partial charge in [0.15, 0.2) is 0 Å². The molecule has 2 radical (unpaired) electrons. The minimum absolute atomic E-state index is 0.0383. The Balaban J connectivity index is 4.55. The molecule has 0 bridgehead atoms. The Morgan fingerprint density at radius 1 is 0.660 bits per heavy atom. The van der Waals surface area contributed by atoms with E-state index in [1.165, 1.54) is 116 Å². The average molecular weight is 880 g/mol. The summed E-state index contributed by atoms with van der Waals surface area (Å²) in [6.45, 7) is 4.45. The Bertz CT molecular complexity index is 945. The molecule has 0 saturated carbocycles. The van der Waals surface area contributed by atoms with Crippen LogP contribution in [0.15, 0.2) is 12.2 Å². The molecule has 0 fully saturated rings. The predicted molar refractivity (Wildman–Crippen MR) is 221 cm³/mol. The van der Waals surface area contributed by atoms with Gasteiger partial charge in [-0.05, 0) is 12.8 Å². The molecule has 11 heteroatoms. The van der Waals surface area contributed by atoms with E-state index in [2.05, 4.69) is 26.0 Å². The first kappa shape index (κ1) is 52.9. The van der Waals surface area contributed by atoms with Crippen molar-refractivity contribution in [3.05, 3.63) is 12.2 Å². The number of phosphoric ester groups is 1. The van der Waals surface area contributed by atoms with E-state index in [4.69, 9.17) is 12.1 Å². The molecule has 3 atom stereocenters. The first-order valence-electron chi connectivity index (χ1n) is 21.6. The fourth-order valence-corrected chi connectivity index (χ4v) is 9.37. The van der Waals surface area contributed by atoms with Gasteiger partial charge in [-0.1, -0.05) is 65.2 Å². The van der Waals surface area contributed by atoms with E-state index in [-0.39, 0.29) is 22.8 Å². The minimum atomic E-state index is -4.30. The Morgan fingerprint density at radius 3 is 1.60 bits per heavy atom. The zero-order chi connectivity index (χ0) is 39.5. The maximum atomic E-state index is 13.3. The number of aliphatic hydroxyl groups excluding tert-OH is 1. The fourth-order valence-electron chi connectivity index (χ4n) is 6.15. The van der Waals surface area contributed by atoms with Gasteiger partial charge in [-0.15, -0.1) is 0 Å². The average Bonchev–Trinajstić information content (AvgIpc) is 3.10. The molecule has 2 N–H and O–H groups in total. The van der Waals surface area contributed by atoms with Gasteiger partial charge in [0.25, 0.3) is 0 Å². The Labute approximate surface area is 337 Å². The van der Waals surface area contributed by atoms with Crippen LogP contribution in [-0.2, 0) is 26.3 Å². The van der Waals surface area contributed by atoms with Gasteiger partial charge in [0.2, 0.25) is 0 Å². The summed E-state index contributed by atoms with van der Waals surface area (Å²) in [6, 6.07) is 0. The summed E-state index contributed by atoms with van der Waals surface area (Å²) in [7, 11) is 1.52. The van der Waals surface area contributed by atoms with Gasteiger partial charge in [0.1, 0.15) is 0 Å². The van der Waals surface area contributed by atoms with Gasteiger partial charge in [0.05, 0.1) is 0 Å². The standard InChI is InChI=1S/C34H63O2.C8H20NO6P.Sn/c1-3-5-7-9-11-13-15-17-18-19-21-23-25-27-29-31-34(36)33(32-35)30-28-26-24-22-20-16-14-12-10-8-6-4-2;1-9(2,3)4-5-14-16(12,13)15-7-8(11)6-10;/h17-18,33H,3-16,19-31H2,1-2H3;8,11H,4-7H2,1-3H3,(H,12,13);/q;;+1/b18-17-;;. The van der Waals surface area contributed by atoms with Gasteiger partial charge in [-0.25, -0.2) is 0 Å². The number of likely N-dealkylation sites (N-methyl/N-ethyl adjacent to an activating group) is 1. The maximum absolute atomic E-state index is 13.3. The van der Waals surface area contributed by atoms with E-state index < -0.39 is 48.0 Å². The molecule has 0 saturated heterocycles. The van der Waals surface area contributed by atoms with Crippen molar-refractivity contribution in [3.8, 4) is 0 Å². The number of aliphatic hydroxyl groups is 1. The predicted octanol–water partition coefficient (Wildman–Crippen LogP) is 10.7. The molecule has 0 rings (SSSR count). The normalized spacial score (nSPS) is 14.5. The van der Waals surface area contributed by atoms with Crippen LogP contribution < -0.4 is 0 Å². The summed E-state index contributed by atoms with van der Waals surface area (Å²) >= 11 is -2.07. The van der Waals surface area contributed by atoms with Gasteiger partial charge in [0, 0.05) is 0 Å². The molecule has 0 aliphatic heterocycles. The third kappa shape index (κ3) is 37.2. The molecule has 0 aromatic heterocycles. The summed E-state index contributed by atoms with van der Waals surface area (Å²) in [5.41, 5.74) is 0. The quantitative estimate of drug-likeness (QED) is 0.0156. The summed E-state index contributed by atoms with van der Waals surface area (Å²) in [5, 5.41) is 10.3. The number of carbonyl (C=O) groups excluding carboxylic acids is 2. The number of nitrogens with zero attached hydrogens (tertiary/aromatic N) is 1. The molecular formula is C42H83NO8PSn+. The number of carbonyl (C=O) groups is 2. The zero-order valence-electron chi connectivity index (χ0n) is 35.0. The van der Waals surface area contributed by atoms with Crippen molar-refractivity contribution in [1.29, 1.82) is 0 Å². The van der Waals surface area contributed by atoms with Crippen molar-refractivity contribution in [2.45, 2.75) is 193 Å². The van der Waals surface area contributed by atoms with Crippen molar-refractivity contribution in [2.24, 2.45) is 5.92 Å². The Kier molecular flexibility index (Phi) is 36.1. The fraction of sp³-hybridized carbons (Fsp3) is 0.905. The molecule has 0 spiro atoms. The van der Waals surface area contributed by atoms with E-state index in [9.17, 15) is 24.2 Å². The van der Waals surface area contributed by atoms with Crippen molar-refractivity contribution in [2.75, 3.05) is 47.5 Å². The second-order valence-electron chi connectivity index (χ2n) is 16.1. The number of Topliss-reactive ketones (excluding diaryl/α,β-unsaturated/α-hetero) is 1. The number of phosphoric acid groups is 1. The van der Waals surface area contributed by atoms with Crippen LogP contribution >= 0.6 is 7.82 Å². The third-order valence-electron chi connectivity index (χ3n) is 9.63. The first-order valence-corrected chi connectivity index (χ1v) is 25.7. The Morgan fingerprint density at radius 2 is 1.11 bits per heavy atom. The molecule has 0 aliphatic carbocycles. The molecule has 0 aromatic carbocycles. The molecule has 3 unspecified atom stereocenters. The van der Waals surface area contributed by atoms with Crippen LogP contribution in [0.3, 0.4) is 0 Å². The second-order valence-corrected chi connectivity index (χ2v) is 20.3. The number of ketones is 1. The molecule has 312 valence electrons. The molecule has 0 aromatic rings. The van der Waals surface area contributed by atoms with Gasteiger partial charge in [-0.2, -0.15) is 0 Å². The van der Waals surface area contributed by atoms with Crippen LogP contribution in [0.2, 0.25) is 0 Å². The first-order chi connectivity index (χ1) is 25.4. The van der Waals surface area contributed by atoms with Crippen molar-refractivity contribution < 1.29 is 40.8 Å². The zero-order valence-corrected chi connectivity index (χ0v) is 38.7. The molecule has 0 heterocycles. The molecule has 53 heavy (non-hydrogen) atoms. The van der Waals surface area contributed by atoms with Crippen LogP contribution in [0.5, 0.6) is 0 Å². The molecular weight excluding hydrogens is 796 g/mol. The Hall–Kier alpha value is -0.131. The topological polar surface area (TPSA) is 119 Å². The summed E-state index contributed by atoms with van der Waals surface area (Å²) in [6.07, 6.45) is 34.9. The van der Waals surface area contributed by atoms with Crippen molar-refractivity contribution in [1.82, 2.24) is 0 Å². The van der Waals surface area contributed by atoms with Gasteiger partial charge in [-0.3, -0.25) is 0 Å². The van der Waals surface area contributed by atoms with Gasteiger partial charge >= 0.3 is 261 Å². The van der Waals surface area contributed by atoms with Crippen LogP contribution in [0.1, 0.15) is 187 Å². The van der Waals surface area contributed by atoms with E-state index in [1.54, 1.807) is 0 Å². The summed E-state index contributed by atoms with van der Waals surface area (Å²) in [4.78, 5) is 36.5. The van der Waals surface area contributed by atoms with E-state index in [0.717, 1.165) is 44.9 Å². The molecule has 0 amide bonds. The number of allylic oxidation sites excluding steroid dienone is 2. The van der Waals surface area contributed by atoms with Gasteiger partial charge < -0.3 is 0 Å². The van der Waals surface area contributed by atoms with E-state index in [1.807, 2.05) is 21.1 Å². The van der Waals surface area contributed by atoms with Crippen LogP contribution in [-0.4, -0.2) is 99.2 Å². The number of hydrogen-bond donors (Lipinski definition) is 2. The van der Waals surface area contributed by atoms with Crippen molar-refractivity contribution >= 4 is 39.0 Å². The summed E-state index contributed by atoms with van der Waals surface area (Å²) in [5.74, 6) is -0.571. The molecule has 9 nitrogen and oxygen atoms in total. The van der Waals surface area contributed by atoms with E-state index in [0.29, 0.717) is 23.9 Å². The number of quaternary nitrogens is 1.